The van der Waals surface area contributed by atoms with Crippen molar-refractivity contribution in [1.29, 1.82) is 0 Å². The third-order valence-corrected chi connectivity index (χ3v) is 5.72. The number of carbonyl (C=O) groups excluding carboxylic acids is 1. The minimum atomic E-state index is -4.46. The number of likely N-dealkylation sites (tertiary alicyclic amines) is 1. The summed E-state index contributed by atoms with van der Waals surface area (Å²) in [6.45, 7) is 1.22. The van der Waals surface area contributed by atoms with Gasteiger partial charge in [-0.3, -0.25) is 9.78 Å². The van der Waals surface area contributed by atoms with Gasteiger partial charge in [0, 0.05) is 36.2 Å². The number of benzene rings is 2. The largest absolute Gasteiger partial charge is 0.416 e. The van der Waals surface area contributed by atoms with Gasteiger partial charge in [-0.15, -0.1) is 0 Å². The summed E-state index contributed by atoms with van der Waals surface area (Å²) in [6, 6.07) is 10.5. The van der Waals surface area contributed by atoms with Crippen LogP contribution < -0.4 is 5.32 Å². The molecule has 0 radical (unpaired) electrons. The third kappa shape index (κ3) is 4.61. The van der Waals surface area contributed by atoms with Crippen LogP contribution in [-0.4, -0.2) is 28.9 Å². The lowest BCUT2D eigenvalue weighted by molar-refractivity contribution is -0.138. The molecule has 4 rings (SSSR count). The van der Waals surface area contributed by atoms with Gasteiger partial charge in [0.15, 0.2) is 0 Å². The number of hydrogen-bond acceptors (Lipinski definition) is 3. The molecule has 4 nitrogen and oxygen atoms in total. The molecule has 8 heteroatoms. The minimum absolute atomic E-state index is 0.0956. The Morgan fingerprint density at radius 3 is 2.58 bits per heavy atom. The molecule has 2 heterocycles. The molecule has 3 aromatic rings. The zero-order valence-corrected chi connectivity index (χ0v) is 17.4. The van der Waals surface area contributed by atoms with Crippen molar-refractivity contribution < 1.29 is 18.0 Å². The van der Waals surface area contributed by atoms with Crippen molar-refractivity contribution in [3.05, 3.63) is 70.4 Å². The predicted molar refractivity (Wildman–Crippen MR) is 115 cm³/mol. The number of nitrogens with zero attached hydrogens (tertiary/aromatic N) is 2. The van der Waals surface area contributed by atoms with Crippen molar-refractivity contribution in [3.63, 3.8) is 0 Å². The van der Waals surface area contributed by atoms with Crippen molar-refractivity contribution in [2.45, 2.75) is 32.0 Å². The quantitative estimate of drug-likeness (QED) is 0.522. The molecule has 1 aliphatic rings. The van der Waals surface area contributed by atoms with Crippen LogP contribution in [0, 0.1) is 0 Å². The Hall–Kier alpha value is -2.80. The number of pyridine rings is 1. The molecule has 2 aromatic carbocycles. The number of hydrogen-bond donors (Lipinski definition) is 1. The van der Waals surface area contributed by atoms with Gasteiger partial charge in [-0.05, 0) is 49.1 Å². The van der Waals surface area contributed by atoms with Crippen LogP contribution in [0.4, 0.5) is 18.9 Å². The molecule has 0 bridgehead atoms. The van der Waals surface area contributed by atoms with Crippen molar-refractivity contribution in [3.8, 4) is 0 Å². The second kappa shape index (κ2) is 8.75. The Morgan fingerprint density at radius 2 is 1.84 bits per heavy atom. The van der Waals surface area contributed by atoms with E-state index < -0.39 is 11.7 Å². The lowest BCUT2D eigenvalue weighted by Crippen LogP contribution is -2.36. The molecule has 1 amide bonds. The molecule has 1 fully saturated rings. The van der Waals surface area contributed by atoms with Crippen LogP contribution in [0.15, 0.2) is 48.7 Å². The summed E-state index contributed by atoms with van der Waals surface area (Å²) in [6.07, 6.45) is -0.0329. The highest BCUT2D eigenvalue weighted by atomic mass is 35.5. The topological polar surface area (TPSA) is 45.2 Å². The number of nitrogens with one attached hydrogen (secondary N) is 1. The molecule has 0 spiro atoms. The molecule has 0 saturated carbocycles. The van der Waals surface area contributed by atoms with Gasteiger partial charge in [0.2, 0.25) is 0 Å². The first-order valence-electron chi connectivity index (χ1n) is 10.1. The molecule has 1 saturated heterocycles. The molecule has 31 heavy (non-hydrogen) atoms. The van der Waals surface area contributed by atoms with E-state index in [2.05, 4.69) is 10.3 Å². The van der Waals surface area contributed by atoms with Crippen molar-refractivity contribution >= 4 is 34.1 Å². The predicted octanol–water partition coefficient (Wildman–Crippen LogP) is 6.15. The summed E-state index contributed by atoms with van der Waals surface area (Å²) in [5, 5.41) is 4.14. The van der Waals surface area contributed by atoms with E-state index in [1.54, 1.807) is 29.2 Å². The second-order valence-corrected chi connectivity index (χ2v) is 8.01. The maximum absolute atomic E-state index is 13.4. The number of rotatable bonds is 4. The van der Waals surface area contributed by atoms with Crippen LogP contribution in [0.5, 0.6) is 0 Å². The maximum Gasteiger partial charge on any atom is 0.416 e. The van der Waals surface area contributed by atoms with Crippen molar-refractivity contribution in [2.24, 2.45) is 0 Å². The van der Waals surface area contributed by atoms with E-state index in [9.17, 15) is 18.0 Å². The summed E-state index contributed by atoms with van der Waals surface area (Å²) in [7, 11) is 0. The van der Waals surface area contributed by atoms with Crippen LogP contribution in [0.1, 0.15) is 40.7 Å². The minimum Gasteiger partial charge on any atom is -0.380 e. The Balaban J connectivity index is 1.75. The van der Waals surface area contributed by atoms with Gasteiger partial charge in [-0.25, -0.2) is 0 Å². The van der Waals surface area contributed by atoms with E-state index >= 15 is 0 Å². The first-order valence-corrected chi connectivity index (χ1v) is 10.5. The van der Waals surface area contributed by atoms with Crippen molar-refractivity contribution in [1.82, 2.24) is 9.88 Å². The van der Waals surface area contributed by atoms with E-state index in [1.165, 1.54) is 18.3 Å². The van der Waals surface area contributed by atoms with Gasteiger partial charge in [0.05, 0.1) is 22.3 Å². The SMILES string of the molecule is O=C(c1cnc2ccc(Cl)cc2c1NCc1ccccc1C(F)(F)F)N1CCCCC1. The van der Waals surface area contributed by atoms with Gasteiger partial charge in [-0.1, -0.05) is 29.8 Å². The van der Waals surface area contributed by atoms with Crippen LogP contribution in [-0.2, 0) is 12.7 Å². The summed E-state index contributed by atoms with van der Waals surface area (Å²) >= 11 is 6.17. The number of piperidine rings is 1. The van der Waals surface area contributed by atoms with E-state index in [4.69, 9.17) is 11.6 Å². The average Bonchev–Trinajstić information content (AvgIpc) is 2.77. The molecule has 162 valence electrons. The third-order valence-electron chi connectivity index (χ3n) is 5.48. The zero-order chi connectivity index (χ0) is 22.0. The van der Waals surface area contributed by atoms with Gasteiger partial charge >= 0.3 is 6.18 Å². The number of amides is 1. The maximum atomic E-state index is 13.4. The lowest BCUT2D eigenvalue weighted by atomic mass is 10.0. The van der Waals surface area contributed by atoms with Crippen molar-refractivity contribution in [2.75, 3.05) is 18.4 Å². The summed E-state index contributed by atoms with van der Waals surface area (Å²) < 4.78 is 40.2. The van der Waals surface area contributed by atoms with Crippen LogP contribution in [0.3, 0.4) is 0 Å². The number of aromatic nitrogens is 1. The molecule has 0 unspecified atom stereocenters. The van der Waals surface area contributed by atoms with E-state index in [1.807, 2.05) is 0 Å². The van der Waals surface area contributed by atoms with Crippen LogP contribution in [0.25, 0.3) is 10.9 Å². The standard InChI is InChI=1S/C23H21ClF3N3O/c24-16-8-9-20-17(12-16)21(18(14-28-20)22(31)30-10-4-1-5-11-30)29-13-15-6-2-3-7-19(15)23(25,26)27/h2-3,6-9,12,14H,1,4-5,10-11,13H2,(H,28,29). The van der Waals surface area contributed by atoms with Crippen LogP contribution >= 0.6 is 11.6 Å². The van der Waals surface area contributed by atoms with Gasteiger partial charge in [0.1, 0.15) is 0 Å². The fourth-order valence-corrected chi connectivity index (χ4v) is 4.09. The molecular formula is C23H21ClF3N3O. The summed E-state index contributed by atoms with van der Waals surface area (Å²) in [5.41, 5.74) is 0.772. The highest BCUT2D eigenvalue weighted by molar-refractivity contribution is 6.31. The molecular weight excluding hydrogens is 427 g/mol. The Bertz CT molecular complexity index is 1110. The van der Waals surface area contributed by atoms with E-state index in [-0.39, 0.29) is 18.0 Å². The Kier molecular flexibility index (Phi) is 6.05. The van der Waals surface area contributed by atoms with E-state index in [0.717, 1.165) is 25.3 Å². The van der Waals surface area contributed by atoms with Crippen LogP contribution in [0.2, 0.25) is 5.02 Å². The molecule has 1 aromatic heterocycles. The van der Waals surface area contributed by atoms with Gasteiger partial charge in [0.25, 0.3) is 5.91 Å². The zero-order valence-electron chi connectivity index (χ0n) is 16.7. The summed E-state index contributed by atoms with van der Waals surface area (Å²) in [5.74, 6) is -0.180. The Labute approximate surface area is 183 Å². The Morgan fingerprint density at radius 1 is 1.10 bits per heavy atom. The number of anilines is 1. The first-order chi connectivity index (χ1) is 14.8. The van der Waals surface area contributed by atoms with Gasteiger partial charge in [-0.2, -0.15) is 13.2 Å². The fourth-order valence-electron chi connectivity index (χ4n) is 3.92. The highest BCUT2D eigenvalue weighted by Gasteiger charge is 2.33. The number of carbonyl (C=O) groups is 1. The highest BCUT2D eigenvalue weighted by Crippen LogP contribution is 2.34. The lowest BCUT2D eigenvalue weighted by Gasteiger charge is -2.28. The second-order valence-electron chi connectivity index (χ2n) is 7.57. The summed E-state index contributed by atoms with van der Waals surface area (Å²) in [4.78, 5) is 19.4. The first kappa shape index (κ1) is 21.4. The number of halogens is 4. The molecule has 1 aliphatic heterocycles. The smallest absolute Gasteiger partial charge is 0.380 e. The monoisotopic (exact) mass is 447 g/mol. The normalized spacial score (nSPS) is 14.6. The number of alkyl halides is 3. The van der Waals surface area contributed by atoms with E-state index in [0.29, 0.717) is 40.3 Å². The fraction of sp³-hybridized carbons (Fsp3) is 0.304. The number of fused-ring (bicyclic) bond motifs is 1. The average molecular weight is 448 g/mol. The molecule has 0 aliphatic carbocycles. The molecule has 0 atom stereocenters. The molecule has 1 N–H and O–H groups in total. The van der Waals surface area contributed by atoms with Gasteiger partial charge < -0.3 is 10.2 Å².